The van der Waals surface area contributed by atoms with Crippen molar-refractivity contribution in [3.8, 4) is 5.69 Å². The number of nitrogens with one attached hydrogen (secondary N) is 2. The van der Waals surface area contributed by atoms with Crippen LogP contribution in [0.4, 0.5) is 5.69 Å². The van der Waals surface area contributed by atoms with E-state index in [9.17, 15) is 4.79 Å². The molecule has 0 fully saturated rings. The van der Waals surface area contributed by atoms with Crippen LogP contribution in [0.15, 0.2) is 64.3 Å². The zero-order chi connectivity index (χ0) is 13.1. The van der Waals surface area contributed by atoms with Crippen LogP contribution in [-0.4, -0.2) is 9.55 Å². The largest absolute Gasteiger partial charge is 0.467 e. The molecule has 0 radical (unpaired) electrons. The molecule has 0 aliphatic heterocycles. The molecule has 0 bridgehead atoms. The molecule has 0 unspecified atom stereocenters. The number of benzene rings is 1. The Labute approximate surface area is 109 Å². The van der Waals surface area contributed by atoms with Crippen LogP contribution >= 0.6 is 0 Å². The summed E-state index contributed by atoms with van der Waals surface area (Å²) in [7, 11) is 0. The van der Waals surface area contributed by atoms with Crippen LogP contribution in [0, 0.1) is 0 Å². The molecule has 19 heavy (non-hydrogen) atoms. The summed E-state index contributed by atoms with van der Waals surface area (Å²) in [4.78, 5) is 14.1. The normalized spacial score (nSPS) is 10.5. The second-order valence-electron chi connectivity index (χ2n) is 4.12. The van der Waals surface area contributed by atoms with Gasteiger partial charge in [-0.15, -0.1) is 0 Å². The van der Waals surface area contributed by atoms with Gasteiger partial charge >= 0.3 is 5.69 Å². The maximum Gasteiger partial charge on any atom is 0.330 e. The molecule has 0 saturated heterocycles. The van der Waals surface area contributed by atoms with Crippen LogP contribution in [-0.2, 0) is 6.54 Å². The fraction of sp³-hybridized carbons (Fsp3) is 0.0714. The molecule has 0 amide bonds. The average Bonchev–Trinajstić information content (AvgIpc) is 3.08. The Hall–Kier alpha value is -2.69. The van der Waals surface area contributed by atoms with Crippen molar-refractivity contribution < 1.29 is 4.42 Å². The number of hydrogen-bond acceptors (Lipinski definition) is 3. The quantitative estimate of drug-likeness (QED) is 0.752. The van der Waals surface area contributed by atoms with Crippen molar-refractivity contribution in [2.75, 3.05) is 5.32 Å². The summed E-state index contributed by atoms with van der Waals surface area (Å²) >= 11 is 0. The first-order valence-electron chi connectivity index (χ1n) is 5.96. The van der Waals surface area contributed by atoms with Gasteiger partial charge in [-0.25, -0.2) is 4.79 Å². The molecular weight excluding hydrogens is 242 g/mol. The van der Waals surface area contributed by atoms with Gasteiger partial charge in [0.2, 0.25) is 0 Å². The molecule has 0 aliphatic rings. The molecule has 0 aliphatic carbocycles. The summed E-state index contributed by atoms with van der Waals surface area (Å²) in [6.07, 6.45) is 4.97. The molecular formula is C14H13N3O2. The zero-order valence-corrected chi connectivity index (χ0v) is 10.2. The van der Waals surface area contributed by atoms with Crippen molar-refractivity contribution >= 4 is 5.69 Å². The van der Waals surface area contributed by atoms with Crippen molar-refractivity contribution in [3.63, 3.8) is 0 Å². The monoisotopic (exact) mass is 255 g/mol. The highest BCUT2D eigenvalue weighted by molar-refractivity contribution is 5.48. The van der Waals surface area contributed by atoms with E-state index in [-0.39, 0.29) is 5.69 Å². The summed E-state index contributed by atoms with van der Waals surface area (Å²) in [5, 5.41) is 3.25. The van der Waals surface area contributed by atoms with E-state index >= 15 is 0 Å². The molecule has 2 aromatic heterocycles. The Morgan fingerprint density at radius 1 is 1.21 bits per heavy atom. The van der Waals surface area contributed by atoms with Gasteiger partial charge in [0.1, 0.15) is 5.76 Å². The number of anilines is 1. The second-order valence-corrected chi connectivity index (χ2v) is 4.12. The highest BCUT2D eigenvalue weighted by atomic mass is 16.3. The second kappa shape index (κ2) is 4.89. The summed E-state index contributed by atoms with van der Waals surface area (Å²) in [6.45, 7) is 0.635. The lowest BCUT2D eigenvalue weighted by Crippen LogP contribution is -2.13. The molecule has 1 aromatic carbocycles. The van der Waals surface area contributed by atoms with E-state index < -0.39 is 0 Å². The first-order chi connectivity index (χ1) is 9.33. The minimum Gasteiger partial charge on any atom is -0.467 e. The van der Waals surface area contributed by atoms with Crippen LogP contribution in [0.2, 0.25) is 0 Å². The van der Waals surface area contributed by atoms with Crippen LogP contribution in [0.5, 0.6) is 0 Å². The molecule has 0 spiro atoms. The number of nitrogens with zero attached hydrogens (tertiary/aromatic N) is 1. The predicted molar refractivity (Wildman–Crippen MR) is 72.4 cm³/mol. The van der Waals surface area contributed by atoms with Gasteiger partial charge in [-0.3, -0.25) is 4.57 Å². The third-order valence-corrected chi connectivity index (χ3v) is 2.84. The lowest BCUT2D eigenvalue weighted by atomic mass is 10.2. The smallest absolute Gasteiger partial charge is 0.330 e. The van der Waals surface area contributed by atoms with Gasteiger partial charge in [0.15, 0.2) is 0 Å². The minimum atomic E-state index is -0.142. The van der Waals surface area contributed by atoms with Crippen LogP contribution in [0.3, 0.4) is 0 Å². The highest BCUT2D eigenvalue weighted by Crippen LogP contribution is 2.13. The topological polar surface area (TPSA) is 63.0 Å². The van der Waals surface area contributed by atoms with E-state index in [1.807, 2.05) is 36.4 Å². The number of rotatable bonds is 4. The Morgan fingerprint density at radius 3 is 2.68 bits per heavy atom. The van der Waals surface area contributed by atoms with E-state index in [1.54, 1.807) is 23.2 Å². The Bertz CT molecular complexity index is 693. The van der Waals surface area contributed by atoms with E-state index in [1.165, 1.54) is 0 Å². The SMILES string of the molecule is O=c1[nH]ccn1-c1ccc(NCc2ccco2)cc1. The summed E-state index contributed by atoms with van der Waals surface area (Å²) in [6, 6.07) is 11.4. The molecule has 2 heterocycles. The van der Waals surface area contributed by atoms with Crippen molar-refractivity contribution in [1.82, 2.24) is 9.55 Å². The molecule has 96 valence electrons. The summed E-state index contributed by atoms with van der Waals surface area (Å²) in [5.41, 5.74) is 1.66. The average molecular weight is 255 g/mol. The standard InChI is InChI=1S/C14H13N3O2/c18-14-15-7-8-17(14)12-5-3-11(4-6-12)16-10-13-2-1-9-19-13/h1-9,16H,10H2,(H,15,18). The molecule has 3 aromatic rings. The van der Waals surface area contributed by atoms with E-state index in [0.29, 0.717) is 6.54 Å². The Kier molecular flexibility index (Phi) is 2.94. The van der Waals surface area contributed by atoms with Crippen molar-refractivity contribution in [2.45, 2.75) is 6.54 Å². The Morgan fingerprint density at radius 2 is 2.05 bits per heavy atom. The predicted octanol–water partition coefficient (Wildman–Crippen LogP) is 2.37. The molecule has 3 rings (SSSR count). The van der Waals surface area contributed by atoms with Gasteiger partial charge in [-0.2, -0.15) is 0 Å². The van der Waals surface area contributed by atoms with Crippen LogP contribution < -0.4 is 11.0 Å². The fourth-order valence-corrected chi connectivity index (χ4v) is 1.87. The number of H-pyrrole nitrogens is 1. The van der Waals surface area contributed by atoms with Gasteiger partial charge in [0.25, 0.3) is 0 Å². The van der Waals surface area contributed by atoms with E-state index in [2.05, 4.69) is 10.3 Å². The van der Waals surface area contributed by atoms with Crippen LogP contribution in [0.1, 0.15) is 5.76 Å². The summed E-state index contributed by atoms with van der Waals surface area (Å²) in [5.74, 6) is 0.880. The molecule has 5 heteroatoms. The number of imidazole rings is 1. The number of aromatic nitrogens is 2. The highest BCUT2D eigenvalue weighted by Gasteiger charge is 2.00. The molecule has 0 saturated carbocycles. The third kappa shape index (κ3) is 2.44. The molecule has 0 atom stereocenters. The van der Waals surface area contributed by atoms with Crippen molar-refractivity contribution in [1.29, 1.82) is 0 Å². The van der Waals surface area contributed by atoms with Crippen LogP contribution in [0.25, 0.3) is 5.69 Å². The van der Waals surface area contributed by atoms with Crippen molar-refractivity contribution in [3.05, 3.63) is 71.3 Å². The lowest BCUT2D eigenvalue weighted by molar-refractivity contribution is 0.518. The van der Waals surface area contributed by atoms with Gasteiger partial charge in [-0.1, -0.05) is 0 Å². The van der Waals surface area contributed by atoms with Gasteiger partial charge in [0.05, 0.1) is 18.5 Å². The minimum absolute atomic E-state index is 0.142. The number of hydrogen-bond donors (Lipinski definition) is 2. The number of aromatic amines is 1. The van der Waals surface area contributed by atoms with E-state index in [4.69, 9.17) is 4.42 Å². The molecule has 2 N–H and O–H groups in total. The van der Waals surface area contributed by atoms with E-state index in [0.717, 1.165) is 17.1 Å². The Balaban J connectivity index is 1.72. The first kappa shape index (κ1) is 11.4. The van der Waals surface area contributed by atoms with Gasteiger partial charge in [-0.05, 0) is 36.4 Å². The third-order valence-electron chi connectivity index (χ3n) is 2.84. The molecule has 5 nitrogen and oxygen atoms in total. The maximum atomic E-state index is 11.5. The van der Waals surface area contributed by atoms with Gasteiger partial charge in [0, 0.05) is 18.1 Å². The van der Waals surface area contributed by atoms with Crippen molar-refractivity contribution in [2.24, 2.45) is 0 Å². The lowest BCUT2D eigenvalue weighted by Gasteiger charge is -2.06. The number of furan rings is 1. The summed E-state index contributed by atoms with van der Waals surface area (Å²) < 4.78 is 6.79. The van der Waals surface area contributed by atoms with Gasteiger partial charge < -0.3 is 14.7 Å². The zero-order valence-electron chi connectivity index (χ0n) is 10.2. The fourth-order valence-electron chi connectivity index (χ4n) is 1.87. The maximum absolute atomic E-state index is 11.5. The first-order valence-corrected chi connectivity index (χ1v) is 5.96.